The van der Waals surface area contributed by atoms with Crippen molar-refractivity contribution in [3.05, 3.63) is 11.8 Å². The molecule has 0 saturated heterocycles. The van der Waals surface area contributed by atoms with Gasteiger partial charge in [-0.1, -0.05) is 5.92 Å². The summed E-state index contributed by atoms with van der Waals surface area (Å²) in [5, 5.41) is 3.95. The molecule has 1 aromatic rings. The molecule has 0 spiro atoms. The van der Waals surface area contributed by atoms with Gasteiger partial charge >= 0.3 is 0 Å². The molecule has 0 amide bonds. The second-order valence-corrected chi connectivity index (χ2v) is 2.10. The van der Waals surface area contributed by atoms with Crippen LogP contribution in [0.5, 0.6) is 0 Å². The third-order valence-electron chi connectivity index (χ3n) is 1.24. The number of nitrogen functional groups attached to an aromatic ring is 1. The van der Waals surface area contributed by atoms with Crippen LogP contribution in [0.2, 0.25) is 0 Å². The van der Waals surface area contributed by atoms with Crippen molar-refractivity contribution in [3.63, 3.8) is 0 Å². The molecular formula is C7H9N3. The van der Waals surface area contributed by atoms with Gasteiger partial charge < -0.3 is 5.73 Å². The van der Waals surface area contributed by atoms with Gasteiger partial charge in [0.2, 0.25) is 0 Å². The number of terminal acetylenes is 1. The Labute approximate surface area is 59.8 Å². The van der Waals surface area contributed by atoms with Crippen LogP contribution in [0.3, 0.4) is 0 Å². The molecule has 3 heteroatoms. The maximum atomic E-state index is 5.47. The second-order valence-electron chi connectivity index (χ2n) is 2.10. The van der Waals surface area contributed by atoms with E-state index in [1.54, 1.807) is 4.68 Å². The summed E-state index contributed by atoms with van der Waals surface area (Å²) in [5.74, 6) is 3.02. The average Bonchev–Trinajstić information content (AvgIpc) is 2.14. The van der Waals surface area contributed by atoms with E-state index in [-0.39, 0.29) is 0 Å². The van der Waals surface area contributed by atoms with Crippen molar-refractivity contribution in [2.45, 2.75) is 13.5 Å². The van der Waals surface area contributed by atoms with Crippen molar-refractivity contribution in [1.29, 1.82) is 0 Å². The van der Waals surface area contributed by atoms with Crippen LogP contribution >= 0.6 is 0 Å². The molecular weight excluding hydrogens is 126 g/mol. The first-order valence-corrected chi connectivity index (χ1v) is 2.97. The molecule has 3 nitrogen and oxygen atoms in total. The Morgan fingerprint density at radius 2 is 2.60 bits per heavy atom. The monoisotopic (exact) mass is 135 g/mol. The molecule has 10 heavy (non-hydrogen) atoms. The molecule has 0 aliphatic carbocycles. The first kappa shape index (κ1) is 6.69. The van der Waals surface area contributed by atoms with Crippen LogP contribution in [0.15, 0.2) is 6.20 Å². The quantitative estimate of drug-likeness (QED) is 0.567. The van der Waals surface area contributed by atoms with E-state index in [9.17, 15) is 0 Å². The molecule has 1 aromatic heterocycles. The van der Waals surface area contributed by atoms with Crippen LogP contribution in [0.1, 0.15) is 5.56 Å². The summed E-state index contributed by atoms with van der Waals surface area (Å²) >= 11 is 0. The van der Waals surface area contributed by atoms with Gasteiger partial charge in [0, 0.05) is 11.8 Å². The van der Waals surface area contributed by atoms with Crippen molar-refractivity contribution in [3.8, 4) is 12.3 Å². The zero-order valence-corrected chi connectivity index (χ0v) is 5.83. The van der Waals surface area contributed by atoms with Gasteiger partial charge in [0.05, 0.1) is 0 Å². The molecule has 52 valence electrons. The van der Waals surface area contributed by atoms with Crippen molar-refractivity contribution in [1.82, 2.24) is 9.78 Å². The summed E-state index contributed by atoms with van der Waals surface area (Å²) in [5.41, 5.74) is 6.44. The Balaban J connectivity index is 2.90. The molecule has 0 fully saturated rings. The molecule has 1 rings (SSSR count). The van der Waals surface area contributed by atoms with E-state index < -0.39 is 0 Å². The maximum absolute atomic E-state index is 5.47. The summed E-state index contributed by atoms with van der Waals surface area (Å²) < 4.78 is 1.64. The number of nitrogens with zero attached hydrogens (tertiary/aromatic N) is 2. The molecule has 0 saturated carbocycles. The van der Waals surface area contributed by atoms with Gasteiger partial charge in [0.1, 0.15) is 12.4 Å². The molecule has 0 unspecified atom stereocenters. The summed E-state index contributed by atoms with van der Waals surface area (Å²) in [6.45, 7) is 2.38. The average molecular weight is 135 g/mol. The highest BCUT2D eigenvalue weighted by molar-refractivity contribution is 5.35. The van der Waals surface area contributed by atoms with Gasteiger partial charge in [-0.15, -0.1) is 6.42 Å². The van der Waals surface area contributed by atoms with Crippen LogP contribution in [0.25, 0.3) is 0 Å². The Morgan fingerprint density at radius 3 is 3.00 bits per heavy atom. The fourth-order valence-electron chi connectivity index (χ4n) is 0.710. The minimum absolute atomic E-state index is 0.484. The topological polar surface area (TPSA) is 43.8 Å². The third kappa shape index (κ3) is 1.11. The number of hydrogen-bond donors (Lipinski definition) is 1. The zero-order valence-electron chi connectivity index (χ0n) is 5.83. The van der Waals surface area contributed by atoms with E-state index >= 15 is 0 Å². The molecule has 1 heterocycles. The second kappa shape index (κ2) is 2.44. The van der Waals surface area contributed by atoms with Crippen LogP contribution in [0.4, 0.5) is 5.82 Å². The van der Waals surface area contributed by atoms with Crippen LogP contribution in [-0.4, -0.2) is 9.78 Å². The Morgan fingerprint density at radius 1 is 1.90 bits per heavy atom. The number of hydrogen-bond acceptors (Lipinski definition) is 2. The SMILES string of the molecule is C#CCn1cc(C)c(N)n1. The first-order valence-electron chi connectivity index (χ1n) is 2.97. The molecule has 0 aromatic carbocycles. The number of aromatic nitrogens is 2. The highest BCUT2D eigenvalue weighted by atomic mass is 15.3. The van der Waals surface area contributed by atoms with Gasteiger partial charge in [-0.2, -0.15) is 5.10 Å². The fourth-order valence-corrected chi connectivity index (χ4v) is 0.710. The smallest absolute Gasteiger partial charge is 0.148 e. The van der Waals surface area contributed by atoms with Crippen LogP contribution in [-0.2, 0) is 6.54 Å². The van der Waals surface area contributed by atoms with Crippen molar-refractivity contribution < 1.29 is 0 Å². The molecule has 0 atom stereocenters. The summed E-state index contributed by atoms with van der Waals surface area (Å²) in [7, 11) is 0. The van der Waals surface area contributed by atoms with E-state index in [4.69, 9.17) is 12.2 Å². The Kier molecular flexibility index (Phi) is 1.63. The van der Waals surface area contributed by atoms with Crippen molar-refractivity contribution in [2.24, 2.45) is 0 Å². The minimum atomic E-state index is 0.484. The summed E-state index contributed by atoms with van der Waals surface area (Å²) in [4.78, 5) is 0. The van der Waals surface area contributed by atoms with Gasteiger partial charge in [-0.3, -0.25) is 4.68 Å². The van der Waals surface area contributed by atoms with E-state index in [2.05, 4.69) is 11.0 Å². The lowest BCUT2D eigenvalue weighted by molar-refractivity contribution is 0.719. The predicted molar refractivity (Wildman–Crippen MR) is 40.2 cm³/mol. The van der Waals surface area contributed by atoms with Crippen LogP contribution in [0, 0.1) is 19.3 Å². The van der Waals surface area contributed by atoms with E-state index in [0.29, 0.717) is 12.4 Å². The van der Waals surface area contributed by atoms with E-state index in [1.165, 1.54) is 0 Å². The predicted octanol–water partition coefficient (Wildman–Crippen LogP) is 0.407. The summed E-state index contributed by atoms with van der Waals surface area (Å²) in [6, 6.07) is 0. The highest BCUT2D eigenvalue weighted by Crippen LogP contribution is 2.04. The maximum Gasteiger partial charge on any atom is 0.148 e. The van der Waals surface area contributed by atoms with E-state index in [1.807, 2.05) is 13.1 Å². The summed E-state index contributed by atoms with van der Waals surface area (Å²) in [6.07, 6.45) is 6.90. The van der Waals surface area contributed by atoms with Crippen molar-refractivity contribution >= 4 is 5.82 Å². The molecule has 2 N–H and O–H groups in total. The lowest BCUT2D eigenvalue weighted by Crippen LogP contribution is -1.96. The zero-order chi connectivity index (χ0) is 7.56. The number of rotatable bonds is 1. The number of aryl methyl sites for hydroxylation is 1. The third-order valence-corrected chi connectivity index (χ3v) is 1.24. The fraction of sp³-hybridized carbons (Fsp3) is 0.286. The van der Waals surface area contributed by atoms with E-state index in [0.717, 1.165) is 5.56 Å². The minimum Gasteiger partial charge on any atom is -0.382 e. The lowest BCUT2D eigenvalue weighted by Gasteiger charge is -1.88. The molecule has 0 radical (unpaired) electrons. The van der Waals surface area contributed by atoms with Crippen molar-refractivity contribution in [2.75, 3.05) is 5.73 Å². The molecule has 0 aliphatic heterocycles. The van der Waals surface area contributed by atoms with Gasteiger partial charge in [-0.25, -0.2) is 0 Å². The Hall–Kier alpha value is -1.43. The molecule has 0 aliphatic rings. The Bertz CT molecular complexity index is 247. The van der Waals surface area contributed by atoms with Gasteiger partial charge in [-0.05, 0) is 6.92 Å². The molecule has 0 bridgehead atoms. The first-order chi connectivity index (χ1) is 4.74. The normalized spacial score (nSPS) is 9.20. The standard InChI is InChI=1S/C7H9N3/c1-3-4-10-5-6(2)7(8)9-10/h1,5H,4H2,2H3,(H2,8,9). The van der Waals surface area contributed by atoms with Gasteiger partial charge in [0.15, 0.2) is 0 Å². The lowest BCUT2D eigenvalue weighted by atomic mass is 10.4. The largest absolute Gasteiger partial charge is 0.382 e. The van der Waals surface area contributed by atoms with Crippen LogP contribution < -0.4 is 5.73 Å². The number of anilines is 1. The number of nitrogens with two attached hydrogens (primary N) is 1. The highest BCUT2D eigenvalue weighted by Gasteiger charge is 1.97. The van der Waals surface area contributed by atoms with Gasteiger partial charge in [0.25, 0.3) is 0 Å².